The number of hydrogen-bond acceptors (Lipinski definition) is 5. The Morgan fingerprint density at radius 3 is 2.66 bits per heavy atom. The van der Waals surface area contributed by atoms with Crippen LogP contribution in [0.2, 0.25) is 0 Å². The Morgan fingerprint density at radius 2 is 1.90 bits per heavy atom. The Balaban J connectivity index is 1.29. The summed E-state index contributed by atoms with van der Waals surface area (Å²) >= 11 is 0. The molecule has 7 heteroatoms. The summed E-state index contributed by atoms with van der Waals surface area (Å²) in [7, 11) is 0. The van der Waals surface area contributed by atoms with Gasteiger partial charge in [0.2, 0.25) is 5.91 Å². The highest BCUT2D eigenvalue weighted by atomic mass is 16.2. The molecule has 0 N–H and O–H groups in total. The molecule has 0 unspecified atom stereocenters. The molecular weight excluding hydrogens is 364 g/mol. The summed E-state index contributed by atoms with van der Waals surface area (Å²) in [6, 6.07) is 4.07. The van der Waals surface area contributed by atoms with Crippen molar-refractivity contribution in [3.8, 4) is 11.8 Å². The summed E-state index contributed by atoms with van der Waals surface area (Å²) in [6.45, 7) is 2.36. The predicted molar refractivity (Wildman–Crippen MR) is 109 cm³/mol. The molecule has 0 aromatic carbocycles. The van der Waals surface area contributed by atoms with Gasteiger partial charge in [-0.2, -0.15) is 10.4 Å². The monoisotopic (exact) mass is 390 g/mol. The maximum Gasteiger partial charge on any atom is 0.226 e. The first-order valence-corrected chi connectivity index (χ1v) is 10.7. The van der Waals surface area contributed by atoms with Crippen LogP contribution in [0.25, 0.3) is 5.69 Å². The summed E-state index contributed by atoms with van der Waals surface area (Å²) in [5.74, 6) is 0.867. The van der Waals surface area contributed by atoms with Gasteiger partial charge in [-0.3, -0.25) is 9.78 Å². The van der Waals surface area contributed by atoms with Crippen LogP contribution in [-0.2, 0) is 4.79 Å². The molecule has 7 nitrogen and oxygen atoms in total. The summed E-state index contributed by atoms with van der Waals surface area (Å²) in [4.78, 5) is 21.4. The Bertz CT molecular complexity index is 935. The zero-order chi connectivity index (χ0) is 19.8. The average Bonchev–Trinajstić information content (AvgIpc) is 3.31. The zero-order valence-electron chi connectivity index (χ0n) is 16.6. The lowest BCUT2D eigenvalue weighted by Crippen LogP contribution is -2.44. The average molecular weight is 390 g/mol. The fourth-order valence-electron chi connectivity index (χ4n) is 4.68. The Hall–Kier alpha value is -2.88. The summed E-state index contributed by atoms with van der Waals surface area (Å²) < 4.78 is 1.96. The van der Waals surface area contributed by atoms with Gasteiger partial charge >= 0.3 is 0 Å². The van der Waals surface area contributed by atoms with Gasteiger partial charge in [0.15, 0.2) is 0 Å². The van der Waals surface area contributed by atoms with Crippen LogP contribution in [0.5, 0.6) is 0 Å². The molecule has 2 aromatic rings. The van der Waals surface area contributed by atoms with Crippen molar-refractivity contribution in [2.24, 2.45) is 5.92 Å². The lowest BCUT2D eigenvalue weighted by atomic mass is 9.94. The molecule has 0 radical (unpaired) electrons. The van der Waals surface area contributed by atoms with Crippen LogP contribution in [-0.4, -0.2) is 51.2 Å². The van der Waals surface area contributed by atoms with Crippen molar-refractivity contribution < 1.29 is 4.79 Å². The van der Waals surface area contributed by atoms with Crippen LogP contribution < -0.4 is 4.90 Å². The molecule has 1 atom stereocenters. The van der Waals surface area contributed by atoms with E-state index < -0.39 is 0 Å². The minimum atomic E-state index is -0.231. The molecular formula is C22H26N6O. The molecule has 1 aliphatic carbocycles. The van der Waals surface area contributed by atoms with E-state index in [4.69, 9.17) is 0 Å². The molecule has 1 saturated carbocycles. The van der Waals surface area contributed by atoms with Gasteiger partial charge in [0.1, 0.15) is 6.04 Å². The van der Waals surface area contributed by atoms with E-state index in [1.54, 1.807) is 4.90 Å². The van der Waals surface area contributed by atoms with Crippen molar-refractivity contribution in [1.82, 2.24) is 19.7 Å². The second-order valence-corrected chi connectivity index (χ2v) is 8.44. The van der Waals surface area contributed by atoms with Gasteiger partial charge in [0.25, 0.3) is 0 Å². The fraction of sp³-hybridized carbons (Fsp3) is 0.545. The van der Waals surface area contributed by atoms with Crippen LogP contribution in [0.4, 0.5) is 5.69 Å². The van der Waals surface area contributed by atoms with Gasteiger partial charge in [-0.1, -0.05) is 0 Å². The van der Waals surface area contributed by atoms with Crippen molar-refractivity contribution in [1.29, 1.82) is 5.26 Å². The molecule has 150 valence electrons. The van der Waals surface area contributed by atoms with Crippen LogP contribution in [0.3, 0.4) is 0 Å². The largest absolute Gasteiger partial charge is 0.368 e. The van der Waals surface area contributed by atoms with Crippen molar-refractivity contribution in [3.05, 3.63) is 36.4 Å². The third-order valence-electron chi connectivity index (χ3n) is 6.55. The summed E-state index contributed by atoms with van der Waals surface area (Å²) in [5, 5.41) is 13.9. The summed E-state index contributed by atoms with van der Waals surface area (Å²) in [5.41, 5.74) is 3.43. The van der Waals surface area contributed by atoms with E-state index in [0.717, 1.165) is 56.7 Å². The zero-order valence-corrected chi connectivity index (χ0v) is 16.6. The third kappa shape index (κ3) is 3.48. The Morgan fingerprint density at radius 1 is 1.07 bits per heavy atom. The second-order valence-electron chi connectivity index (χ2n) is 8.44. The fourth-order valence-corrected chi connectivity index (χ4v) is 4.68. The van der Waals surface area contributed by atoms with Crippen molar-refractivity contribution in [2.75, 3.05) is 24.5 Å². The van der Waals surface area contributed by atoms with E-state index in [9.17, 15) is 10.1 Å². The highest BCUT2D eigenvalue weighted by molar-refractivity contribution is 5.80. The third-order valence-corrected chi connectivity index (χ3v) is 6.55. The van der Waals surface area contributed by atoms with E-state index in [2.05, 4.69) is 27.2 Å². The molecule has 3 fully saturated rings. The van der Waals surface area contributed by atoms with Gasteiger partial charge < -0.3 is 9.80 Å². The number of carbonyl (C=O) groups excluding carboxylic acids is 1. The van der Waals surface area contributed by atoms with Crippen LogP contribution >= 0.6 is 0 Å². The Labute approximate surface area is 170 Å². The van der Waals surface area contributed by atoms with Gasteiger partial charge in [0.05, 0.1) is 29.8 Å². The lowest BCUT2D eigenvalue weighted by molar-refractivity contribution is -0.136. The number of aromatic nitrogens is 3. The first kappa shape index (κ1) is 18.2. The van der Waals surface area contributed by atoms with Crippen LogP contribution in [0, 0.1) is 17.2 Å². The van der Waals surface area contributed by atoms with Gasteiger partial charge in [-0.15, -0.1) is 0 Å². The predicted octanol–water partition coefficient (Wildman–Crippen LogP) is 2.88. The molecule has 0 spiro atoms. The number of rotatable bonds is 4. The second kappa shape index (κ2) is 7.51. The smallest absolute Gasteiger partial charge is 0.226 e. The first-order valence-electron chi connectivity index (χ1n) is 10.7. The van der Waals surface area contributed by atoms with E-state index >= 15 is 0 Å². The minimum absolute atomic E-state index is 0.0199. The number of nitriles is 1. The number of piperidine rings is 1. The van der Waals surface area contributed by atoms with Crippen LogP contribution in [0.15, 0.2) is 30.9 Å². The number of amides is 1. The molecule has 2 aliphatic heterocycles. The number of nitrogens with zero attached hydrogens (tertiary/aromatic N) is 6. The molecule has 3 aliphatic rings. The van der Waals surface area contributed by atoms with Crippen molar-refractivity contribution >= 4 is 11.6 Å². The van der Waals surface area contributed by atoms with E-state index in [0.29, 0.717) is 5.92 Å². The molecule has 0 bridgehead atoms. The lowest BCUT2D eigenvalue weighted by Gasteiger charge is -2.35. The quantitative estimate of drug-likeness (QED) is 0.802. The van der Waals surface area contributed by atoms with E-state index in [1.807, 2.05) is 29.3 Å². The van der Waals surface area contributed by atoms with E-state index in [-0.39, 0.29) is 17.9 Å². The van der Waals surface area contributed by atoms with Crippen LogP contribution in [0.1, 0.15) is 50.0 Å². The molecule has 5 rings (SSSR count). The maximum atomic E-state index is 12.9. The van der Waals surface area contributed by atoms with Crippen molar-refractivity contribution in [2.45, 2.75) is 50.5 Å². The summed E-state index contributed by atoms with van der Waals surface area (Å²) in [6.07, 6.45) is 13.7. The van der Waals surface area contributed by atoms with Gasteiger partial charge in [-0.25, -0.2) is 4.68 Å². The minimum Gasteiger partial charge on any atom is -0.368 e. The number of likely N-dealkylation sites (tertiary alicyclic amines) is 1. The molecule has 1 amide bonds. The maximum absolute atomic E-state index is 12.9. The number of pyridine rings is 1. The first-order chi connectivity index (χ1) is 14.2. The SMILES string of the molecule is N#C[C@H]1CCCN1C(=O)C1CCN(c2cnccc2-n2cc(C3CC3)cn2)CC1. The highest BCUT2D eigenvalue weighted by Gasteiger charge is 2.35. The van der Waals surface area contributed by atoms with E-state index in [1.165, 1.54) is 18.4 Å². The van der Waals surface area contributed by atoms with Gasteiger partial charge in [-0.05, 0) is 56.1 Å². The standard InChI is InChI=1S/C22H26N6O/c23-12-19-2-1-9-27(19)22(29)17-6-10-26(11-7-17)21-14-24-8-5-20(21)28-15-18(13-25-28)16-3-4-16/h5,8,13-17,19H,1-4,6-7,9-11H2/t19-/m1/s1. The van der Waals surface area contributed by atoms with Gasteiger partial charge in [0, 0.05) is 37.9 Å². The molecule has 2 aromatic heterocycles. The van der Waals surface area contributed by atoms with Crippen molar-refractivity contribution in [3.63, 3.8) is 0 Å². The number of anilines is 1. The normalized spacial score (nSPS) is 22.7. The molecule has 4 heterocycles. The topological polar surface area (TPSA) is 78.0 Å². The Kier molecular flexibility index (Phi) is 4.70. The molecule has 2 saturated heterocycles. The number of hydrogen-bond donors (Lipinski definition) is 0. The highest BCUT2D eigenvalue weighted by Crippen LogP contribution is 2.40. The number of carbonyl (C=O) groups is 1. The molecule has 29 heavy (non-hydrogen) atoms.